The Bertz CT molecular complexity index is 144. The molecule has 0 spiro atoms. The minimum absolute atomic E-state index is 0.322. The lowest BCUT2D eigenvalue weighted by Gasteiger charge is -2.38. The molecule has 78 valence electrons. The highest BCUT2D eigenvalue weighted by atomic mass is 16.5. The van der Waals surface area contributed by atoms with E-state index in [0.29, 0.717) is 5.41 Å². The van der Waals surface area contributed by atoms with Crippen molar-refractivity contribution in [2.75, 3.05) is 39.9 Å². The summed E-state index contributed by atoms with van der Waals surface area (Å²) < 4.78 is 5.37. The van der Waals surface area contributed by atoms with E-state index in [1.807, 2.05) is 0 Å². The van der Waals surface area contributed by atoms with Crippen molar-refractivity contribution in [2.45, 2.75) is 19.8 Å². The predicted molar refractivity (Wildman–Crippen MR) is 54.7 cm³/mol. The molecule has 1 aliphatic rings. The first-order chi connectivity index (χ1) is 6.22. The molecule has 1 aliphatic heterocycles. The molecule has 1 rings (SSSR count). The Morgan fingerprint density at radius 3 is 2.46 bits per heavy atom. The minimum atomic E-state index is 0.322. The van der Waals surface area contributed by atoms with Crippen molar-refractivity contribution in [3.05, 3.63) is 0 Å². The van der Waals surface area contributed by atoms with Crippen molar-refractivity contribution in [1.29, 1.82) is 0 Å². The number of ether oxygens (including phenoxy) is 1. The normalized spacial score (nSPS) is 22.2. The zero-order valence-electron chi connectivity index (χ0n) is 8.88. The van der Waals surface area contributed by atoms with Gasteiger partial charge in [-0.3, -0.25) is 0 Å². The van der Waals surface area contributed by atoms with Gasteiger partial charge in [0.05, 0.1) is 0 Å². The molecule has 1 fully saturated rings. The second-order valence-electron chi connectivity index (χ2n) is 4.15. The molecule has 0 unspecified atom stereocenters. The first kappa shape index (κ1) is 11.0. The molecule has 3 heteroatoms. The topological polar surface area (TPSA) is 38.5 Å². The molecule has 1 saturated heterocycles. The van der Waals surface area contributed by atoms with Crippen LogP contribution in [0.4, 0.5) is 0 Å². The summed E-state index contributed by atoms with van der Waals surface area (Å²) in [6, 6.07) is 0. The predicted octanol–water partition coefficient (Wildman–Crippen LogP) is 0.694. The van der Waals surface area contributed by atoms with Crippen molar-refractivity contribution >= 4 is 0 Å². The van der Waals surface area contributed by atoms with Gasteiger partial charge < -0.3 is 15.4 Å². The zero-order valence-corrected chi connectivity index (χ0v) is 8.88. The van der Waals surface area contributed by atoms with E-state index in [9.17, 15) is 0 Å². The molecule has 0 radical (unpaired) electrons. The molecule has 0 aromatic heterocycles. The van der Waals surface area contributed by atoms with Crippen LogP contribution in [-0.4, -0.2) is 44.8 Å². The summed E-state index contributed by atoms with van der Waals surface area (Å²) in [5.41, 5.74) is 6.18. The van der Waals surface area contributed by atoms with Gasteiger partial charge in [0.25, 0.3) is 0 Å². The maximum absolute atomic E-state index is 5.86. The lowest BCUT2D eigenvalue weighted by Crippen LogP contribution is -2.44. The lowest BCUT2D eigenvalue weighted by atomic mass is 9.80. The lowest BCUT2D eigenvalue weighted by molar-refractivity contribution is 0.00440. The Morgan fingerprint density at radius 2 is 2.00 bits per heavy atom. The molecule has 0 amide bonds. The second kappa shape index (κ2) is 4.94. The van der Waals surface area contributed by atoms with Crippen LogP contribution in [0.1, 0.15) is 19.8 Å². The van der Waals surface area contributed by atoms with Gasteiger partial charge in [0, 0.05) is 19.8 Å². The summed E-state index contributed by atoms with van der Waals surface area (Å²) in [5.74, 6) is 0. The third kappa shape index (κ3) is 2.93. The van der Waals surface area contributed by atoms with Crippen molar-refractivity contribution in [3.8, 4) is 0 Å². The smallest absolute Gasteiger partial charge is 0.0472 e. The largest absolute Gasteiger partial charge is 0.381 e. The maximum atomic E-state index is 5.86. The molecule has 13 heavy (non-hydrogen) atoms. The van der Waals surface area contributed by atoms with Crippen LogP contribution in [0.2, 0.25) is 0 Å². The number of hydrogen-bond donors (Lipinski definition) is 1. The Kier molecular flexibility index (Phi) is 4.16. The zero-order chi connectivity index (χ0) is 9.73. The van der Waals surface area contributed by atoms with Crippen LogP contribution in [-0.2, 0) is 4.74 Å². The van der Waals surface area contributed by atoms with Gasteiger partial charge in [0.1, 0.15) is 0 Å². The Hall–Kier alpha value is -0.120. The van der Waals surface area contributed by atoms with Crippen molar-refractivity contribution in [3.63, 3.8) is 0 Å². The van der Waals surface area contributed by atoms with Crippen LogP contribution in [0.25, 0.3) is 0 Å². The van der Waals surface area contributed by atoms with Gasteiger partial charge >= 0.3 is 0 Å². The molecule has 0 aromatic carbocycles. The quantitative estimate of drug-likeness (QED) is 0.702. The highest BCUT2D eigenvalue weighted by Crippen LogP contribution is 2.29. The third-order valence-corrected chi connectivity index (χ3v) is 3.13. The van der Waals surface area contributed by atoms with Gasteiger partial charge in [-0.25, -0.2) is 0 Å². The van der Waals surface area contributed by atoms with Crippen molar-refractivity contribution in [2.24, 2.45) is 11.1 Å². The SMILES string of the molecule is CCN(C)CC1(CN)CCOCC1. The molecule has 0 aromatic rings. The molecular formula is C10H22N2O. The Labute approximate surface area is 81.2 Å². The summed E-state index contributed by atoms with van der Waals surface area (Å²) in [6.45, 7) is 6.96. The summed E-state index contributed by atoms with van der Waals surface area (Å²) >= 11 is 0. The average Bonchev–Trinajstić information content (AvgIpc) is 2.19. The highest BCUT2D eigenvalue weighted by Gasteiger charge is 2.31. The van der Waals surface area contributed by atoms with Gasteiger partial charge in [0.15, 0.2) is 0 Å². The number of rotatable bonds is 4. The van der Waals surface area contributed by atoms with Crippen LogP contribution in [0, 0.1) is 5.41 Å². The Balaban J connectivity index is 2.47. The van der Waals surface area contributed by atoms with E-state index in [0.717, 1.165) is 45.7 Å². The van der Waals surface area contributed by atoms with Crippen LogP contribution >= 0.6 is 0 Å². The molecule has 0 aliphatic carbocycles. The van der Waals surface area contributed by atoms with Crippen LogP contribution in [0.3, 0.4) is 0 Å². The fourth-order valence-electron chi connectivity index (χ4n) is 1.92. The van der Waals surface area contributed by atoms with E-state index >= 15 is 0 Å². The van der Waals surface area contributed by atoms with Crippen LogP contribution < -0.4 is 5.73 Å². The summed E-state index contributed by atoms with van der Waals surface area (Å²) in [7, 11) is 2.16. The van der Waals surface area contributed by atoms with Gasteiger partial charge in [-0.1, -0.05) is 6.92 Å². The molecular weight excluding hydrogens is 164 g/mol. The summed E-state index contributed by atoms with van der Waals surface area (Å²) in [5, 5.41) is 0. The van der Waals surface area contributed by atoms with Gasteiger partial charge in [-0.2, -0.15) is 0 Å². The number of nitrogens with zero attached hydrogens (tertiary/aromatic N) is 1. The average molecular weight is 186 g/mol. The molecule has 0 atom stereocenters. The van der Waals surface area contributed by atoms with E-state index < -0.39 is 0 Å². The van der Waals surface area contributed by atoms with E-state index in [1.54, 1.807) is 0 Å². The monoisotopic (exact) mass is 186 g/mol. The van der Waals surface area contributed by atoms with Crippen molar-refractivity contribution < 1.29 is 4.74 Å². The third-order valence-electron chi connectivity index (χ3n) is 3.13. The van der Waals surface area contributed by atoms with Crippen LogP contribution in [0.5, 0.6) is 0 Å². The first-order valence-electron chi connectivity index (χ1n) is 5.19. The maximum Gasteiger partial charge on any atom is 0.0472 e. The van der Waals surface area contributed by atoms with E-state index in [2.05, 4.69) is 18.9 Å². The van der Waals surface area contributed by atoms with E-state index in [4.69, 9.17) is 10.5 Å². The molecule has 0 bridgehead atoms. The van der Waals surface area contributed by atoms with Gasteiger partial charge in [-0.15, -0.1) is 0 Å². The number of hydrogen-bond acceptors (Lipinski definition) is 3. The van der Waals surface area contributed by atoms with Gasteiger partial charge in [-0.05, 0) is 38.4 Å². The first-order valence-corrected chi connectivity index (χ1v) is 5.19. The van der Waals surface area contributed by atoms with Crippen molar-refractivity contribution in [1.82, 2.24) is 4.90 Å². The molecule has 2 N–H and O–H groups in total. The summed E-state index contributed by atoms with van der Waals surface area (Å²) in [4.78, 5) is 2.35. The van der Waals surface area contributed by atoms with Gasteiger partial charge in [0.2, 0.25) is 0 Å². The molecule has 1 heterocycles. The summed E-state index contributed by atoms with van der Waals surface area (Å²) in [6.07, 6.45) is 2.24. The fourth-order valence-corrected chi connectivity index (χ4v) is 1.92. The fraction of sp³-hybridized carbons (Fsp3) is 1.00. The minimum Gasteiger partial charge on any atom is -0.381 e. The highest BCUT2D eigenvalue weighted by molar-refractivity contribution is 4.85. The van der Waals surface area contributed by atoms with E-state index in [-0.39, 0.29) is 0 Å². The van der Waals surface area contributed by atoms with E-state index in [1.165, 1.54) is 0 Å². The van der Waals surface area contributed by atoms with Crippen LogP contribution in [0.15, 0.2) is 0 Å². The standard InChI is InChI=1S/C10H22N2O/c1-3-12(2)9-10(8-11)4-6-13-7-5-10/h3-9,11H2,1-2H3. The second-order valence-corrected chi connectivity index (χ2v) is 4.15. The Morgan fingerprint density at radius 1 is 1.38 bits per heavy atom. The molecule has 3 nitrogen and oxygen atoms in total. The molecule has 0 saturated carbocycles. The number of nitrogens with two attached hydrogens (primary N) is 1.